The molecular weight excluding hydrogens is 227 g/mol. The van der Waals surface area contributed by atoms with Gasteiger partial charge < -0.3 is 0 Å². The molecule has 100 valence electrons. The summed E-state index contributed by atoms with van der Waals surface area (Å²) in [7, 11) is 0. The van der Waals surface area contributed by atoms with Gasteiger partial charge in [-0.05, 0) is 51.3 Å². The van der Waals surface area contributed by atoms with Crippen LogP contribution in [0.2, 0.25) is 0 Å². The van der Waals surface area contributed by atoms with Crippen LogP contribution in [-0.2, 0) is 0 Å². The first-order valence-corrected chi connectivity index (χ1v) is 6.88. The lowest BCUT2D eigenvalue weighted by Gasteiger charge is -2.41. The molecule has 3 heteroatoms. The fraction of sp³-hybridized carbons (Fsp3) is 0.600. The molecule has 1 fully saturated rings. The van der Waals surface area contributed by atoms with Gasteiger partial charge in [0.05, 0.1) is 0 Å². The number of nitrogens with one attached hydrogen (secondary N) is 1. The van der Waals surface area contributed by atoms with Gasteiger partial charge in [-0.1, -0.05) is 18.6 Å². The van der Waals surface area contributed by atoms with Crippen molar-refractivity contribution in [3.8, 4) is 0 Å². The van der Waals surface area contributed by atoms with E-state index in [1.54, 1.807) is 0 Å². The monoisotopic (exact) mass is 250 g/mol. The Balaban J connectivity index is 2.01. The van der Waals surface area contributed by atoms with E-state index in [1.807, 2.05) is 12.1 Å². The van der Waals surface area contributed by atoms with Crippen molar-refractivity contribution >= 4 is 0 Å². The van der Waals surface area contributed by atoms with E-state index in [2.05, 4.69) is 31.2 Å². The number of rotatable bonds is 3. The Bertz CT molecular complexity index is 367. The molecule has 0 amide bonds. The lowest BCUT2D eigenvalue weighted by atomic mass is 9.99. The Labute approximate surface area is 109 Å². The van der Waals surface area contributed by atoms with Crippen molar-refractivity contribution in [2.45, 2.75) is 58.2 Å². The summed E-state index contributed by atoms with van der Waals surface area (Å²) in [4.78, 5) is 0. The number of hydrogen-bond acceptors (Lipinski definition) is 2. The predicted molar refractivity (Wildman–Crippen MR) is 72.6 cm³/mol. The minimum atomic E-state index is -0.175. The molecule has 18 heavy (non-hydrogen) atoms. The SMILES string of the molecule is CC(NN1C(C)CCCC1C)c1ccc(F)cc1. The molecule has 1 aliphatic rings. The molecule has 3 unspecified atom stereocenters. The molecule has 1 aromatic rings. The van der Waals surface area contributed by atoms with Gasteiger partial charge in [-0.25, -0.2) is 14.8 Å². The zero-order chi connectivity index (χ0) is 13.1. The Kier molecular flexibility index (Phi) is 4.36. The van der Waals surface area contributed by atoms with Gasteiger partial charge >= 0.3 is 0 Å². The standard InChI is InChI=1S/C15H23FN2/c1-11-5-4-6-12(2)18(11)17-13(3)14-7-9-15(16)10-8-14/h7-13,17H,4-6H2,1-3H3. The molecule has 2 nitrogen and oxygen atoms in total. The van der Waals surface area contributed by atoms with Crippen LogP contribution in [0.1, 0.15) is 51.6 Å². The molecular formula is C15H23FN2. The van der Waals surface area contributed by atoms with Crippen molar-refractivity contribution in [2.24, 2.45) is 0 Å². The van der Waals surface area contributed by atoms with Crippen LogP contribution < -0.4 is 5.43 Å². The normalized spacial score (nSPS) is 27.1. The fourth-order valence-electron chi connectivity index (χ4n) is 2.73. The number of halogens is 1. The molecule has 3 atom stereocenters. The second-order valence-electron chi connectivity index (χ2n) is 5.44. The number of nitrogens with zero attached hydrogens (tertiary/aromatic N) is 1. The average Bonchev–Trinajstić information content (AvgIpc) is 2.34. The molecule has 0 aliphatic carbocycles. The van der Waals surface area contributed by atoms with Gasteiger partial charge in [0, 0.05) is 18.1 Å². The van der Waals surface area contributed by atoms with Gasteiger partial charge in [0.25, 0.3) is 0 Å². The second kappa shape index (κ2) is 5.81. The molecule has 1 saturated heterocycles. The molecule has 0 spiro atoms. The van der Waals surface area contributed by atoms with E-state index in [9.17, 15) is 4.39 Å². The summed E-state index contributed by atoms with van der Waals surface area (Å²) in [5.74, 6) is -0.175. The molecule has 1 aliphatic heterocycles. The van der Waals surface area contributed by atoms with Crippen molar-refractivity contribution in [1.82, 2.24) is 10.4 Å². The minimum Gasteiger partial charge on any atom is -0.247 e. The van der Waals surface area contributed by atoms with Crippen LogP contribution in [0, 0.1) is 5.82 Å². The Morgan fingerprint density at radius 2 is 1.72 bits per heavy atom. The maximum absolute atomic E-state index is 12.9. The van der Waals surface area contributed by atoms with Gasteiger partial charge in [0.15, 0.2) is 0 Å². The first-order valence-electron chi connectivity index (χ1n) is 6.88. The summed E-state index contributed by atoms with van der Waals surface area (Å²) in [6.45, 7) is 6.65. The van der Waals surface area contributed by atoms with Crippen molar-refractivity contribution in [3.05, 3.63) is 35.6 Å². The topological polar surface area (TPSA) is 15.3 Å². The molecule has 0 saturated carbocycles. The molecule has 0 radical (unpaired) electrons. The summed E-state index contributed by atoms with van der Waals surface area (Å²) >= 11 is 0. The molecule has 1 N–H and O–H groups in total. The van der Waals surface area contributed by atoms with Crippen LogP contribution in [-0.4, -0.2) is 17.1 Å². The van der Waals surface area contributed by atoms with E-state index in [1.165, 1.54) is 31.4 Å². The Hall–Kier alpha value is -0.930. The Morgan fingerprint density at radius 3 is 2.28 bits per heavy atom. The first-order chi connectivity index (χ1) is 8.58. The van der Waals surface area contributed by atoms with E-state index >= 15 is 0 Å². The molecule has 1 heterocycles. The summed E-state index contributed by atoms with van der Waals surface area (Å²) < 4.78 is 12.9. The van der Waals surface area contributed by atoms with Crippen molar-refractivity contribution in [3.63, 3.8) is 0 Å². The van der Waals surface area contributed by atoms with Gasteiger partial charge in [-0.2, -0.15) is 0 Å². The van der Waals surface area contributed by atoms with E-state index in [4.69, 9.17) is 0 Å². The third kappa shape index (κ3) is 3.09. The number of hydrazine groups is 1. The summed E-state index contributed by atoms with van der Waals surface area (Å²) in [5, 5.41) is 2.36. The molecule has 0 aromatic heterocycles. The quantitative estimate of drug-likeness (QED) is 0.880. The first kappa shape index (κ1) is 13.5. The van der Waals surface area contributed by atoms with Crippen molar-refractivity contribution in [2.75, 3.05) is 0 Å². The fourth-order valence-corrected chi connectivity index (χ4v) is 2.73. The summed E-state index contributed by atoms with van der Waals surface area (Å²) in [6, 6.07) is 8.10. The van der Waals surface area contributed by atoms with Gasteiger partial charge in [0.2, 0.25) is 0 Å². The van der Waals surface area contributed by atoms with Crippen LogP contribution >= 0.6 is 0 Å². The molecule has 1 aromatic carbocycles. The Morgan fingerprint density at radius 1 is 1.17 bits per heavy atom. The van der Waals surface area contributed by atoms with Gasteiger partial charge in [-0.15, -0.1) is 0 Å². The lowest BCUT2D eigenvalue weighted by Crippen LogP contribution is -2.52. The van der Waals surface area contributed by atoms with Crippen molar-refractivity contribution < 1.29 is 4.39 Å². The van der Waals surface area contributed by atoms with Crippen molar-refractivity contribution in [1.29, 1.82) is 0 Å². The van der Waals surface area contributed by atoms with Crippen LogP contribution in [0.25, 0.3) is 0 Å². The van der Waals surface area contributed by atoms with E-state index < -0.39 is 0 Å². The van der Waals surface area contributed by atoms with E-state index in [-0.39, 0.29) is 11.9 Å². The minimum absolute atomic E-state index is 0.175. The number of benzene rings is 1. The molecule has 2 rings (SSSR count). The maximum Gasteiger partial charge on any atom is 0.123 e. The lowest BCUT2D eigenvalue weighted by molar-refractivity contribution is 0.0320. The van der Waals surface area contributed by atoms with Crippen LogP contribution in [0.4, 0.5) is 4.39 Å². The van der Waals surface area contributed by atoms with E-state index in [0.717, 1.165) is 5.56 Å². The second-order valence-corrected chi connectivity index (χ2v) is 5.44. The number of piperidine rings is 1. The largest absolute Gasteiger partial charge is 0.247 e. The number of hydrogen-bond donors (Lipinski definition) is 1. The zero-order valence-corrected chi connectivity index (χ0v) is 11.5. The third-order valence-corrected chi connectivity index (χ3v) is 3.91. The summed E-state index contributed by atoms with van der Waals surface area (Å²) in [5.41, 5.74) is 4.69. The smallest absolute Gasteiger partial charge is 0.123 e. The third-order valence-electron chi connectivity index (χ3n) is 3.91. The van der Waals surface area contributed by atoms with Crippen LogP contribution in [0.15, 0.2) is 24.3 Å². The zero-order valence-electron chi connectivity index (χ0n) is 11.5. The average molecular weight is 250 g/mol. The van der Waals surface area contributed by atoms with E-state index in [0.29, 0.717) is 12.1 Å². The predicted octanol–water partition coefficient (Wildman–Crippen LogP) is 3.65. The highest BCUT2D eigenvalue weighted by molar-refractivity contribution is 5.19. The van der Waals surface area contributed by atoms with Crippen LogP contribution in [0.5, 0.6) is 0 Å². The highest BCUT2D eigenvalue weighted by Gasteiger charge is 2.25. The maximum atomic E-state index is 12.9. The molecule has 0 bridgehead atoms. The van der Waals surface area contributed by atoms with Gasteiger partial charge in [0.1, 0.15) is 5.82 Å². The van der Waals surface area contributed by atoms with Crippen LogP contribution in [0.3, 0.4) is 0 Å². The summed E-state index contributed by atoms with van der Waals surface area (Å²) in [6.07, 6.45) is 3.80. The highest BCUT2D eigenvalue weighted by atomic mass is 19.1. The highest BCUT2D eigenvalue weighted by Crippen LogP contribution is 2.23. The van der Waals surface area contributed by atoms with Gasteiger partial charge in [-0.3, -0.25) is 0 Å².